The van der Waals surface area contributed by atoms with Gasteiger partial charge in [-0.25, -0.2) is 9.98 Å². The smallest absolute Gasteiger partial charge is 0.218 e. The van der Waals surface area contributed by atoms with Gasteiger partial charge in [-0.05, 0) is 32.3 Å². The van der Waals surface area contributed by atoms with Crippen molar-refractivity contribution in [3.63, 3.8) is 0 Å². The maximum atomic E-state index is 5.97. The molecule has 0 saturated carbocycles. The summed E-state index contributed by atoms with van der Waals surface area (Å²) in [6.07, 6.45) is 5.26. The Kier molecular flexibility index (Phi) is 7.71. The van der Waals surface area contributed by atoms with Crippen LogP contribution in [0.15, 0.2) is 23.3 Å². The first-order valence-corrected chi connectivity index (χ1v) is 10.1. The van der Waals surface area contributed by atoms with Crippen molar-refractivity contribution in [3.8, 4) is 5.88 Å². The lowest BCUT2D eigenvalue weighted by Crippen LogP contribution is -2.53. The number of aromatic nitrogens is 1. The maximum Gasteiger partial charge on any atom is 0.218 e. The molecule has 0 radical (unpaired) electrons. The maximum absolute atomic E-state index is 5.97. The van der Waals surface area contributed by atoms with Gasteiger partial charge in [0, 0.05) is 38.0 Å². The van der Waals surface area contributed by atoms with E-state index in [2.05, 4.69) is 29.0 Å². The number of ether oxygens (including phenoxy) is 3. The van der Waals surface area contributed by atoms with Gasteiger partial charge in [-0.2, -0.15) is 0 Å². The van der Waals surface area contributed by atoms with Crippen LogP contribution in [0.2, 0.25) is 0 Å². The van der Waals surface area contributed by atoms with Crippen LogP contribution in [0.1, 0.15) is 38.7 Å². The van der Waals surface area contributed by atoms with Crippen LogP contribution >= 0.6 is 0 Å². The molecule has 1 N–H and O–H groups in total. The molecule has 3 heterocycles. The molecule has 0 aromatic carbocycles. The number of nitrogens with one attached hydrogen (secondary N) is 1. The minimum absolute atomic E-state index is 0.118. The third kappa shape index (κ3) is 5.56. The van der Waals surface area contributed by atoms with Gasteiger partial charge in [0.1, 0.15) is 6.10 Å². The second-order valence-electron chi connectivity index (χ2n) is 6.89. The molecule has 150 valence electrons. The number of aliphatic imine (C=N–C) groups is 1. The predicted molar refractivity (Wildman–Crippen MR) is 105 cm³/mol. The first-order valence-electron chi connectivity index (χ1n) is 10.1. The average molecular weight is 377 g/mol. The predicted octanol–water partition coefficient (Wildman–Crippen LogP) is 2.22. The second kappa shape index (κ2) is 10.5. The van der Waals surface area contributed by atoms with Crippen LogP contribution in [-0.4, -0.2) is 67.5 Å². The van der Waals surface area contributed by atoms with Gasteiger partial charge < -0.3 is 24.4 Å². The van der Waals surface area contributed by atoms with Gasteiger partial charge in [-0.3, -0.25) is 0 Å². The van der Waals surface area contributed by atoms with Crippen molar-refractivity contribution in [2.24, 2.45) is 4.99 Å². The highest BCUT2D eigenvalue weighted by molar-refractivity contribution is 5.80. The molecule has 3 rings (SSSR count). The molecule has 2 unspecified atom stereocenters. The van der Waals surface area contributed by atoms with E-state index >= 15 is 0 Å². The number of pyridine rings is 1. The van der Waals surface area contributed by atoms with Crippen LogP contribution in [0.3, 0.4) is 0 Å². The van der Waals surface area contributed by atoms with Gasteiger partial charge >= 0.3 is 0 Å². The summed E-state index contributed by atoms with van der Waals surface area (Å²) in [5.41, 5.74) is 1.00. The van der Waals surface area contributed by atoms with Gasteiger partial charge in [0.05, 0.1) is 25.9 Å². The number of morpholine rings is 1. The fraction of sp³-hybridized carbons (Fsp3) is 0.700. The van der Waals surface area contributed by atoms with Crippen LogP contribution < -0.4 is 10.1 Å². The number of rotatable bonds is 7. The van der Waals surface area contributed by atoms with Crippen molar-refractivity contribution in [3.05, 3.63) is 23.9 Å². The summed E-state index contributed by atoms with van der Waals surface area (Å²) in [5.74, 6) is 1.59. The fourth-order valence-electron chi connectivity index (χ4n) is 3.45. The standard InChI is InChI=1S/C20H32N4O3/c1-3-11-27-19-16(7-5-9-22-19)14-23-20(21-4-2)24-10-13-26-18(15-24)17-8-6-12-25-17/h5,7,9,17-18H,3-4,6,8,10-15H2,1-2H3,(H,21,23). The van der Waals surface area contributed by atoms with Crippen molar-refractivity contribution in [2.75, 3.05) is 39.5 Å². The summed E-state index contributed by atoms with van der Waals surface area (Å²) in [7, 11) is 0. The van der Waals surface area contributed by atoms with E-state index in [0.717, 1.165) is 57.0 Å². The van der Waals surface area contributed by atoms with Crippen LogP contribution in [0.4, 0.5) is 0 Å². The van der Waals surface area contributed by atoms with Gasteiger partial charge in [-0.15, -0.1) is 0 Å². The van der Waals surface area contributed by atoms with E-state index in [-0.39, 0.29) is 12.2 Å². The van der Waals surface area contributed by atoms with Crippen molar-refractivity contribution in [1.29, 1.82) is 0 Å². The van der Waals surface area contributed by atoms with E-state index in [1.165, 1.54) is 0 Å². The van der Waals surface area contributed by atoms with E-state index in [1.54, 1.807) is 6.20 Å². The molecule has 7 heteroatoms. The Morgan fingerprint density at radius 2 is 2.22 bits per heavy atom. The molecule has 1 aromatic heterocycles. The van der Waals surface area contributed by atoms with Gasteiger partial charge in [0.2, 0.25) is 5.88 Å². The third-order valence-corrected chi connectivity index (χ3v) is 4.80. The van der Waals surface area contributed by atoms with E-state index in [4.69, 9.17) is 19.2 Å². The van der Waals surface area contributed by atoms with Gasteiger partial charge in [0.25, 0.3) is 0 Å². The molecule has 2 fully saturated rings. The number of nitrogens with zero attached hydrogens (tertiary/aromatic N) is 3. The fourth-order valence-corrected chi connectivity index (χ4v) is 3.45. The van der Waals surface area contributed by atoms with Crippen molar-refractivity contribution >= 4 is 5.96 Å². The van der Waals surface area contributed by atoms with Crippen LogP contribution in [0.25, 0.3) is 0 Å². The quantitative estimate of drug-likeness (QED) is 0.581. The molecule has 27 heavy (non-hydrogen) atoms. The molecular formula is C20H32N4O3. The first-order chi connectivity index (χ1) is 13.3. The topological polar surface area (TPSA) is 68.2 Å². The lowest BCUT2D eigenvalue weighted by molar-refractivity contribution is -0.0817. The summed E-state index contributed by atoms with van der Waals surface area (Å²) in [6.45, 7) is 9.40. The molecule has 2 saturated heterocycles. The highest BCUT2D eigenvalue weighted by Crippen LogP contribution is 2.21. The molecule has 7 nitrogen and oxygen atoms in total. The zero-order chi connectivity index (χ0) is 18.9. The van der Waals surface area contributed by atoms with Crippen LogP contribution in [-0.2, 0) is 16.0 Å². The van der Waals surface area contributed by atoms with E-state index in [9.17, 15) is 0 Å². The third-order valence-electron chi connectivity index (χ3n) is 4.80. The summed E-state index contributed by atoms with van der Waals surface area (Å²) in [5, 5.41) is 3.41. The van der Waals surface area contributed by atoms with Crippen LogP contribution in [0.5, 0.6) is 5.88 Å². The first kappa shape index (κ1) is 19.9. The molecule has 0 aliphatic carbocycles. The Labute approximate surface area is 162 Å². The number of hydrogen-bond acceptors (Lipinski definition) is 5. The lowest BCUT2D eigenvalue weighted by atomic mass is 10.1. The zero-order valence-electron chi connectivity index (χ0n) is 16.5. The second-order valence-corrected chi connectivity index (χ2v) is 6.89. The molecule has 2 aliphatic heterocycles. The molecule has 2 aliphatic rings. The Hall–Kier alpha value is -1.86. The summed E-state index contributed by atoms with van der Waals surface area (Å²) in [6, 6.07) is 3.96. The van der Waals surface area contributed by atoms with E-state index < -0.39 is 0 Å². The minimum atomic E-state index is 0.118. The Balaban J connectivity index is 1.67. The largest absolute Gasteiger partial charge is 0.477 e. The highest BCUT2D eigenvalue weighted by atomic mass is 16.5. The SMILES string of the molecule is CCCOc1ncccc1CN=C(NCC)N1CCOC(C2CCCO2)C1. The monoisotopic (exact) mass is 376 g/mol. The Morgan fingerprint density at radius 1 is 1.33 bits per heavy atom. The van der Waals surface area contributed by atoms with Crippen molar-refractivity contribution in [1.82, 2.24) is 15.2 Å². The minimum Gasteiger partial charge on any atom is -0.477 e. The molecule has 0 amide bonds. The van der Waals surface area contributed by atoms with Gasteiger partial charge in [0.15, 0.2) is 5.96 Å². The summed E-state index contributed by atoms with van der Waals surface area (Å²) < 4.78 is 17.6. The van der Waals surface area contributed by atoms with Crippen LogP contribution in [0, 0.1) is 0 Å². The molecule has 0 spiro atoms. The lowest BCUT2D eigenvalue weighted by Gasteiger charge is -2.37. The number of guanidine groups is 1. The summed E-state index contributed by atoms with van der Waals surface area (Å²) in [4.78, 5) is 11.5. The molecule has 1 aromatic rings. The normalized spacial score (nSPS) is 23.5. The number of hydrogen-bond donors (Lipinski definition) is 1. The van der Waals surface area contributed by atoms with Crippen molar-refractivity contribution in [2.45, 2.75) is 51.9 Å². The van der Waals surface area contributed by atoms with E-state index in [0.29, 0.717) is 25.6 Å². The Bertz CT molecular complexity index is 605. The molecule has 2 atom stereocenters. The Morgan fingerprint density at radius 3 is 3.00 bits per heavy atom. The van der Waals surface area contributed by atoms with E-state index in [1.807, 2.05) is 12.1 Å². The van der Waals surface area contributed by atoms with Gasteiger partial charge in [-0.1, -0.05) is 13.0 Å². The van der Waals surface area contributed by atoms with Crippen molar-refractivity contribution < 1.29 is 14.2 Å². The molecular weight excluding hydrogens is 344 g/mol. The zero-order valence-corrected chi connectivity index (χ0v) is 16.5. The summed E-state index contributed by atoms with van der Waals surface area (Å²) >= 11 is 0. The highest BCUT2D eigenvalue weighted by Gasteiger charge is 2.32. The average Bonchev–Trinajstić information content (AvgIpc) is 3.25. The molecule has 0 bridgehead atoms.